The number of anilines is 2. The number of aromatic nitrogens is 4. The molecule has 8 nitrogen and oxygen atoms in total. The number of hydrogen-bond donors (Lipinski definition) is 2. The zero-order chi connectivity index (χ0) is 22.9. The average Bonchev–Trinajstić information content (AvgIpc) is 3.46. The Morgan fingerprint density at radius 2 is 2.00 bits per heavy atom. The lowest BCUT2D eigenvalue weighted by Gasteiger charge is -2.12. The lowest BCUT2D eigenvalue weighted by Crippen LogP contribution is -2.19. The van der Waals surface area contributed by atoms with Gasteiger partial charge in [0.05, 0.1) is 30.0 Å². The van der Waals surface area contributed by atoms with Gasteiger partial charge in [0.25, 0.3) is 0 Å². The van der Waals surface area contributed by atoms with E-state index >= 15 is 4.39 Å². The number of nitrogens with one attached hydrogen (secondary N) is 1. The highest BCUT2D eigenvalue weighted by Gasteiger charge is 2.22. The Kier molecular flexibility index (Phi) is 5.51. The Morgan fingerprint density at radius 3 is 2.70 bits per heavy atom. The first-order valence-electron chi connectivity index (χ1n) is 10.5. The maximum atomic E-state index is 15.0. The fourth-order valence-electron chi connectivity index (χ4n) is 3.89. The molecule has 0 amide bonds. The van der Waals surface area contributed by atoms with Gasteiger partial charge in [-0.3, -0.25) is 0 Å². The number of ether oxygens (including phenoxy) is 2. The zero-order valence-electron chi connectivity index (χ0n) is 17.9. The van der Waals surface area contributed by atoms with E-state index in [0.717, 1.165) is 19.4 Å². The molecule has 1 atom stereocenters. The monoisotopic (exact) mass is 452 g/mol. The first-order chi connectivity index (χ1) is 16.0. The van der Waals surface area contributed by atoms with Gasteiger partial charge in [-0.1, -0.05) is 0 Å². The Balaban J connectivity index is 1.65. The molecule has 0 spiro atoms. The van der Waals surface area contributed by atoms with Crippen LogP contribution in [-0.4, -0.2) is 46.1 Å². The summed E-state index contributed by atoms with van der Waals surface area (Å²) in [5.74, 6) is -0.0171. The van der Waals surface area contributed by atoms with Crippen molar-refractivity contribution in [2.24, 2.45) is 0 Å². The smallest absolute Gasteiger partial charge is 0.225 e. The summed E-state index contributed by atoms with van der Waals surface area (Å²) in [6.07, 6.45) is 2.02. The van der Waals surface area contributed by atoms with Crippen molar-refractivity contribution in [2.75, 3.05) is 31.3 Å². The number of nitrogens with zero attached hydrogens (tertiary/aromatic N) is 4. The molecular weight excluding hydrogens is 430 g/mol. The van der Waals surface area contributed by atoms with Crippen molar-refractivity contribution in [1.82, 2.24) is 19.7 Å². The minimum absolute atomic E-state index is 0.0623. The van der Waals surface area contributed by atoms with Crippen molar-refractivity contribution in [3.8, 4) is 22.7 Å². The summed E-state index contributed by atoms with van der Waals surface area (Å²) in [7, 11) is 1.47. The molecule has 0 aliphatic carbocycles. The third-order valence-corrected chi connectivity index (χ3v) is 5.58. The minimum atomic E-state index is -0.520. The Labute approximate surface area is 188 Å². The van der Waals surface area contributed by atoms with E-state index in [0.29, 0.717) is 29.1 Å². The highest BCUT2D eigenvalue weighted by Crippen LogP contribution is 2.35. The maximum absolute atomic E-state index is 15.0. The number of halogens is 2. The first-order valence-corrected chi connectivity index (χ1v) is 10.5. The van der Waals surface area contributed by atoms with Crippen molar-refractivity contribution < 1.29 is 18.3 Å². The van der Waals surface area contributed by atoms with E-state index in [-0.39, 0.29) is 34.9 Å². The van der Waals surface area contributed by atoms with Crippen molar-refractivity contribution in [3.05, 3.63) is 54.1 Å². The lowest BCUT2D eigenvalue weighted by atomic mass is 10.1. The summed E-state index contributed by atoms with van der Waals surface area (Å²) in [4.78, 5) is 9.08. The van der Waals surface area contributed by atoms with Crippen LogP contribution in [0, 0.1) is 11.6 Å². The quantitative estimate of drug-likeness (QED) is 0.457. The third-order valence-electron chi connectivity index (χ3n) is 5.58. The van der Waals surface area contributed by atoms with Crippen molar-refractivity contribution >= 4 is 22.8 Å². The van der Waals surface area contributed by atoms with Gasteiger partial charge >= 0.3 is 0 Å². The fourth-order valence-corrected chi connectivity index (χ4v) is 3.89. The van der Waals surface area contributed by atoms with Gasteiger partial charge in [-0.05, 0) is 49.2 Å². The molecule has 2 aromatic carbocycles. The second-order valence-electron chi connectivity index (χ2n) is 7.73. The second-order valence-corrected chi connectivity index (χ2v) is 7.73. The van der Waals surface area contributed by atoms with E-state index in [4.69, 9.17) is 15.2 Å². The highest BCUT2D eigenvalue weighted by molar-refractivity contribution is 5.99. The average molecular weight is 452 g/mol. The molecule has 1 unspecified atom stereocenters. The Hall–Kier alpha value is -3.79. The molecular formula is C23H22F2N6O2. The topological polar surface area (TPSA) is 100 Å². The van der Waals surface area contributed by atoms with Crippen LogP contribution in [0.15, 0.2) is 42.5 Å². The van der Waals surface area contributed by atoms with Gasteiger partial charge in [0.1, 0.15) is 23.2 Å². The molecule has 3 heterocycles. The van der Waals surface area contributed by atoms with Crippen molar-refractivity contribution in [3.63, 3.8) is 0 Å². The number of nitrogen functional groups attached to an aromatic ring is 1. The zero-order valence-corrected chi connectivity index (χ0v) is 17.9. The van der Waals surface area contributed by atoms with E-state index in [1.165, 1.54) is 30.0 Å². The van der Waals surface area contributed by atoms with E-state index in [2.05, 4.69) is 20.4 Å². The summed E-state index contributed by atoms with van der Waals surface area (Å²) in [5.41, 5.74) is 7.77. The van der Waals surface area contributed by atoms with E-state index in [1.807, 2.05) is 0 Å². The van der Waals surface area contributed by atoms with Crippen molar-refractivity contribution in [1.29, 1.82) is 0 Å². The fraction of sp³-hybridized carbons (Fsp3) is 0.261. The molecule has 1 aliphatic heterocycles. The van der Waals surface area contributed by atoms with Crippen LogP contribution in [0.25, 0.3) is 28.0 Å². The van der Waals surface area contributed by atoms with Crippen LogP contribution in [0.5, 0.6) is 5.75 Å². The summed E-state index contributed by atoms with van der Waals surface area (Å²) < 4.78 is 40.6. The van der Waals surface area contributed by atoms with Gasteiger partial charge in [0.2, 0.25) is 5.95 Å². The molecule has 33 heavy (non-hydrogen) atoms. The van der Waals surface area contributed by atoms with Crippen LogP contribution in [0.2, 0.25) is 0 Å². The first kappa shape index (κ1) is 21.1. The van der Waals surface area contributed by atoms with Gasteiger partial charge in [-0.2, -0.15) is 4.98 Å². The molecule has 3 N–H and O–H groups in total. The molecule has 4 aromatic rings. The molecule has 1 aliphatic rings. The molecule has 2 aromatic heterocycles. The molecule has 0 bridgehead atoms. The Morgan fingerprint density at radius 1 is 1.18 bits per heavy atom. The molecule has 5 rings (SSSR count). The molecule has 0 saturated carbocycles. The maximum Gasteiger partial charge on any atom is 0.225 e. The standard InChI is InChI=1S/C23H22F2N6O2/c1-32-15-8-9-17(18(25)11-15)20-19-21(26)31(14-6-4-13(24)5-7-14)30-22(19)29-23(28-20)27-12-16-3-2-10-33-16/h4-9,11,16H,2-3,10,12,26H2,1H3,(H,27,29,30). The van der Waals surface area contributed by atoms with Gasteiger partial charge in [-0.15, -0.1) is 5.10 Å². The summed E-state index contributed by atoms with van der Waals surface area (Å²) in [6.45, 7) is 1.25. The van der Waals surface area contributed by atoms with Gasteiger partial charge in [-0.25, -0.2) is 18.4 Å². The summed E-state index contributed by atoms with van der Waals surface area (Å²) in [6, 6.07) is 10.2. The van der Waals surface area contributed by atoms with E-state index < -0.39 is 5.82 Å². The summed E-state index contributed by atoms with van der Waals surface area (Å²) >= 11 is 0. The van der Waals surface area contributed by atoms with E-state index in [1.54, 1.807) is 24.3 Å². The molecule has 10 heteroatoms. The van der Waals surface area contributed by atoms with Crippen LogP contribution in [0.4, 0.5) is 20.5 Å². The van der Waals surface area contributed by atoms with Crippen LogP contribution in [0.3, 0.4) is 0 Å². The summed E-state index contributed by atoms with van der Waals surface area (Å²) in [5, 5.41) is 8.07. The van der Waals surface area contributed by atoms with Gasteiger partial charge in [0.15, 0.2) is 5.65 Å². The molecule has 1 fully saturated rings. The normalized spacial score (nSPS) is 15.8. The van der Waals surface area contributed by atoms with Gasteiger partial charge < -0.3 is 20.5 Å². The highest BCUT2D eigenvalue weighted by atomic mass is 19.1. The second kappa shape index (κ2) is 8.62. The van der Waals surface area contributed by atoms with Crippen LogP contribution < -0.4 is 15.8 Å². The van der Waals surface area contributed by atoms with Crippen LogP contribution >= 0.6 is 0 Å². The SMILES string of the molecule is COc1ccc(-c2nc(NCC3CCCO3)nc3nn(-c4ccc(F)cc4)c(N)c23)c(F)c1. The van der Waals surface area contributed by atoms with E-state index in [9.17, 15) is 4.39 Å². The number of nitrogens with two attached hydrogens (primary N) is 1. The molecule has 170 valence electrons. The number of rotatable bonds is 6. The van der Waals surface area contributed by atoms with Crippen LogP contribution in [-0.2, 0) is 4.74 Å². The van der Waals surface area contributed by atoms with Crippen molar-refractivity contribution in [2.45, 2.75) is 18.9 Å². The predicted molar refractivity (Wildman–Crippen MR) is 120 cm³/mol. The number of hydrogen-bond acceptors (Lipinski definition) is 7. The molecule has 1 saturated heterocycles. The Bertz CT molecular complexity index is 1300. The number of methoxy groups -OCH3 is 1. The third kappa shape index (κ3) is 4.05. The number of benzene rings is 2. The largest absolute Gasteiger partial charge is 0.497 e. The minimum Gasteiger partial charge on any atom is -0.497 e. The number of fused-ring (bicyclic) bond motifs is 1. The lowest BCUT2D eigenvalue weighted by molar-refractivity contribution is 0.120. The van der Waals surface area contributed by atoms with Gasteiger partial charge in [0, 0.05) is 24.8 Å². The predicted octanol–water partition coefficient (Wildman–Crippen LogP) is 3.94. The molecule has 0 radical (unpaired) electrons. The van der Waals surface area contributed by atoms with Crippen LogP contribution in [0.1, 0.15) is 12.8 Å².